The molecule has 24 heavy (non-hydrogen) atoms. The van der Waals surface area contributed by atoms with Gasteiger partial charge in [0.2, 0.25) is 5.91 Å². The number of amides is 1. The molecule has 1 atom stereocenters. The number of rotatable bonds is 6. The minimum Gasteiger partial charge on any atom is -0.496 e. The summed E-state index contributed by atoms with van der Waals surface area (Å²) in [4.78, 5) is 12.5. The molecule has 2 rings (SSSR count). The minimum absolute atomic E-state index is 0. The van der Waals surface area contributed by atoms with Crippen LogP contribution in [0.4, 0.5) is 0 Å². The summed E-state index contributed by atoms with van der Waals surface area (Å²) >= 11 is 0. The molecule has 1 amide bonds. The lowest BCUT2D eigenvalue weighted by atomic mass is 9.71. The Morgan fingerprint density at radius 3 is 2.58 bits per heavy atom. The maximum atomic E-state index is 12.5. The molecule has 1 aliphatic carbocycles. The second-order valence-corrected chi connectivity index (χ2v) is 6.98. The molecule has 1 saturated carbocycles. The first kappa shape index (κ1) is 20.8. The zero-order valence-corrected chi connectivity index (χ0v) is 15.9. The second kappa shape index (κ2) is 9.28. The summed E-state index contributed by atoms with van der Waals surface area (Å²) in [5, 5.41) is 3.13. The Hall–Kier alpha value is -1.26. The molecule has 1 fully saturated rings. The Balaban J connectivity index is 0.00000288. The van der Waals surface area contributed by atoms with Crippen LogP contribution in [0.25, 0.3) is 0 Å². The molecular weight excluding hydrogens is 324 g/mol. The molecule has 1 aromatic rings. The number of aryl methyl sites for hydroxylation is 1. The van der Waals surface area contributed by atoms with Crippen molar-refractivity contribution >= 4 is 18.3 Å². The van der Waals surface area contributed by atoms with Crippen LogP contribution in [0.15, 0.2) is 18.2 Å². The van der Waals surface area contributed by atoms with E-state index >= 15 is 0 Å². The van der Waals surface area contributed by atoms with E-state index < -0.39 is 0 Å². The highest BCUT2D eigenvalue weighted by Crippen LogP contribution is 2.38. The van der Waals surface area contributed by atoms with Crippen molar-refractivity contribution in [1.29, 1.82) is 0 Å². The number of halogens is 1. The number of ether oxygens (including phenoxy) is 1. The van der Waals surface area contributed by atoms with E-state index in [1.165, 1.54) is 19.3 Å². The predicted molar refractivity (Wildman–Crippen MR) is 101 cm³/mol. The van der Waals surface area contributed by atoms with E-state index in [0.29, 0.717) is 13.0 Å². The first-order chi connectivity index (χ1) is 11.0. The molecule has 0 spiro atoms. The molecule has 136 valence electrons. The lowest BCUT2D eigenvalue weighted by Gasteiger charge is -2.36. The summed E-state index contributed by atoms with van der Waals surface area (Å²) in [6.45, 7) is 4.65. The number of hydrogen-bond donors (Lipinski definition) is 2. The van der Waals surface area contributed by atoms with Gasteiger partial charge >= 0.3 is 0 Å². The maximum absolute atomic E-state index is 12.5. The summed E-state index contributed by atoms with van der Waals surface area (Å²) in [6, 6.07) is 5.97. The van der Waals surface area contributed by atoms with Gasteiger partial charge in [-0.1, -0.05) is 37.0 Å². The zero-order valence-electron chi connectivity index (χ0n) is 15.1. The van der Waals surface area contributed by atoms with E-state index in [2.05, 4.69) is 11.4 Å². The third kappa shape index (κ3) is 5.12. The fourth-order valence-corrected chi connectivity index (χ4v) is 3.66. The van der Waals surface area contributed by atoms with Gasteiger partial charge in [-0.15, -0.1) is 12.4 Å². The molecule has 1 aromatic carbocycles. The predicted octanol–water partition coefficient (Wildman–Crippen LogP) is 3.90. The van der Waals surface area contributed by atoms with Gasteiger partial charge in [-0.25, -0.2) is 0 Å². The highest BCUT2D eigenvalue weighted by molar-refractivity contribution is 5.85. The van der Waals surface area contributed by atoms with Gasteiger partial charge in [-0.3, -0.25) is 4.79 Å². The van der Waals surface area contributed by atoms with Crippen LogP contribution >= 0.6 is 12.4 Å². The average Bonchev–Trinajstić information content (AvgIpc) is 2.55. The molecule has 5 heteroatoms. The van der Waals surface area contributed by atoms with Gasteiger partial charge in [0.05, 0.1) is 13.2 Å². The third-order valence-electron chi connectivity index (χ3n) is 5.11. The summed E-state index contributed by atoms with van der Waals surface area (Å²) in [5.41, 5.74) is 8.17. The highest BCUT2D eigenvalue weighted by atomic mass is 35.5. The van der Waals surface area contributed by atoms with E-state index in [9.17, 15) is 4.79 Å². The van der Waals surface area contributed by atoms with Crippen LogP contribution in [0.3, 0.4) is 0 Å². The molecule has 0 saturated heterocycles. The second-order valence-electron chi connectivity index (χ2n) is 6.98. The molecular formula is C19H31ClN2O2. The lowest BCUT2D eigenvalue weighted by molar-refractivity contribution is -0.124. The van der Waals surface area contributed by atoms with E-state index in [1.54, 1.807) is 7.11 Å². The molecule has 0 aliphatic heterocycles. The molecule has 0 heterocycles. The van der Waals surface area contributed by atoms with Crippen molar-refractivity contribution in [2.45, 2.75) is 58.4 Å². The van der Waals surface area contributed by atoms with Crippen molar-refractivity contribution in [2.24, 2.45) is 11.1 Å². The summed E-state index contributed by atoms with van der Waals surface area (Å²) in [5.74, 6) is 0.906. The summed E-state index contributed by atoms with van der Waals surface area (Å²) in [7, 11) is 1.66. The quantitative estimate of drug-likeness (QED) is 0.814. The van der Waals surface area contributed by atoms with Gasteiger partial charge in [-0.2, -0.15) is 0 Å². The highest BCUT2D eigenvalue weighted by Gasteiger charge is 2.33. The van der Waals surface area contributed by atoms with Gasteiger partial charge in [0, 0.05) is 12.0 Å². The van der Waals surface area contributed by atoms with E-state index in [4.69, 9.17) is 10.5 Å². The largest absolute Gasteiger partial charge is 0.496 e. The first-order valence-corrected chi connectivity index (χ1v) is 8.64. The van der Waals surface area contributed by atoms with E-state index in [-0.39, 0.29) is 29.8 Å². The summed E-state index contributed by atoms with van der Waals surface area (Å²) < 4.78 is 5.42. The Labute approximate surface area is 151 Å². The molecule has 0 aromatic heterocycles. The van der Waals surface area contributed by atoms with Crippen molar-refractivity contribution in [3.8, 4) is 5.75 Å². The van der Waals surface area contributed by atoms with Crippen LogP contribution in [0.1, 0.15) is 62.6 Å². The van der Waals surface area contributed by atoms with Gasteiger partial charge in [0.15, 0.2) is 0 Å². The van der Waals surface area contributed by atoms with Crippen LogP contribution in [0.5, 0.6) is 5.75 Å². The van der Waals surface area contributed by atoms with Crippen molar-refractivity contribution < 1.29 is 9.53 Å². The van der Waals surface area contributed by atoms with Crippen molar-refractivity contribution in [2.75, 3.05) is 13.7 Å². The number of benzene rings is 1. The monoisotopic (exact) mass is 354 g/mol. The van der Waals surface area contributed by atoms with E-state index in [0.717, 1.165) is 29.7 Å². The lowest BCUT2D eigenvalue weighted by Crippen LogP contribution is -2.39. The Bertz CT molecular complexity index is 542. The number of methoxy groups -OCH3 is 1. The number of hydrogen-bond acceptors (Lipinski definition) is 3. The normalized spacial score (nSPS) is 17.5. The fourth-order valence-electron chi connectivity index (χ4n) is 3.66. The summed E-state index contributed by atoms with van der Waals surface area (Å²) in [6.07, 6.45) is 6.30. The van der Waals surface area contributed by atoms with E-state index in [1.807, 2.05) is 26.0 Å². The standard InChI is InChI=1S/C19H30N2O2.ClH/c1-14-7-8-17(23-3)16(11-14)15(2)21-18(22)12-19(13-20)9-5-4-6-10-19;/h7-8,11,15H,4-6,9-10,12-13,20H2,1-3H3,(H,21,22);1H. The van der Waals surface area contributed by atoms with Crippen molar-refractivity contribution in [1.82, 2.24) is 5.32 Å². The molecule has 1 aliphatic rings. The number of nitrogens with two attached hydrogens (primary N) is 1. The number of nitrogens with one attached hydrogen (secondary N) is 1. The Morgan fingerprint density at radius 1 is 1.33 bits per heavy atom. The van der Waals surface area contributed by atoms with Gasteiger partial charge < -0.3 is 15.8 Å². The maximum Gasteiger partial charge on any atom is 0.221 e. The Morgan fingerprint density at radius 2 is 2.00 bits per heavy atom. The smallest absolute Gasteiger partial charge is 0.221 e. The van der Waals surface area contributed by atoms with Crippen LogP contribution in [-0.2, 0) is 4.79 Å². The van der Waals surface area contributed by atoms with Crippen LogP contribution in [0, 0.1) is 12.3 Å². The topological polar surface area (TPSA) is 64.3 Å². The first-order valence-electron chi connectivity index (χ1n) is 8.64. The van der Waals surface area contributed by atoms with Crippen molar-refractivity contribution in [3.05, 3.63) is 29.3 Å². The SMILES string of the molecule is COc1ccc(C)cc1C(C)NC(=O)CC1(CN)CCCCC1.Cl. The molecule has 0 radical (unpaired) electrons. The van der Waals surface area contributed by atoms with Crippen LogP contribution < -0.4 is 15.8 Å². The molecule has 0 bridgehead atoms. The minimum atomic E-state index is -0.0734. The van der Waals surface area contributed by atoms with Crippen LogP contribution in [0.2, 0.25) is 0 Å². The van der Waals surface area contributed by atoms with Crippen LogP contribution in [-0.4, -0.2) is 19.6 Å². The average molecular weight is 355 g/mol. The third-order valence-corrected chi connectivity index (χ3v) is 5.11. The zero-order chi connectivity index (χ0) is 16.9. The van der Waals surface area contributed by atoms with Gasteiger partial charge in [0.25, 0.3) is 0 Å². The fraction of sp³-hybridized carbons (Fsp3) is 0.632. The molecule has 1 unspecified atom stereocenters. The number of carbonyl (C=O) groups is 1. The van der Waals surface area contributed by atoms with Crippen molar-refractivity contribution in [3.63, 3.8) is 0 Å². The Kier molecular flexibility index (Phi) is 8.04. The molecule has 3 N–H and O–H groups in total. The van der Waals surface area contributed by atoms with Gasteiger partial charge in [0.1, 0.15) is 5.75 Å². The number of carbonyl (C=O) groups excluding carboxylic acids is 1. The molecule has 4 nitrogen and oxygen atoms in total. The van der Waals surface area contributed by atoms with Gasteiger partial charge in [-0.05, 0) is 44.7 Å².